The van der Waals surface area contributed by atoms with Crippen LogP contribution in [0.5, 0.6) is 5.75 Å². The average molecular weight is 582 g/mol. The predicted octanol–water partition coefficient (Wildman–Crippen LogP) is 4.67. The molecule has 2 amide bonds. The number of aryl methyl sites for hydroxylation is 3. The highest BCUT2D eigenvalue weighted by Gasteiger charge is 2.20. The Morgan fingerprint density at radius 2 is 1.88 bits per heavy atom. The van der Waals surface area contributed by atoms with Crippen LogP contribution in [-0.2, 0) is 19.3 Å². The first-order valence-corrected chi connectivity index (χ1v) is 14.5. The predicted molar refractivity (Wildman–Crippen MR) is 161 cm³/mol. The molecular weight excluding hydrogens is 546 g/mol. The zero-order valence-electron chi connectivity index (χ0n) is 22.5. The van der Waals surface area contributed by atoms with Crippen molar-refractivity contribution in [3.05, 3.63) is 77.1 Å². The lowest BCUT2D eigenvalue weighted by atomic mass is 10.1. The summed E-state index contributed by atoms with van der Waals surface area (Å²) in [5.41, 5.74) is 10.8. The number of carbonyl (C=O) groups excluding carboxylic acids is 1. The highest BCUT2D eigenvalue weighted by atomic mass is 35.5. The molecule has 1 aliphatic heterocycles. The second-order valence-electron chi connectivity index (χ2n) is 9.63. The summed E-state index contributed by atoms with van der Waals surface area (Å²) in [6.45, 7) is 2.96. The van der Waals surface area contributed by atoms with E-state index in [-0.39, 0.29) is 18.4 Å². The van der Waals surface area contributed by atoms with Crippen molar-refractivity contribution in [3.8, 4) is 22.0 Å². The van der Waals surface area contributed by atoms with Gasteiger partial charge in [-0.15, -0.1) is 28.8 Å². The largest absolute Gasteiger partial charge is 0.491 e. The molecule has 4 aromatic rings. The maximum atomic E-state index is 11.9. The Kier molecular flexibility index (Phi) is 10.9. The SMILES string of the molecule is Cl.NCCCCc1cn(-c2ccc(-c3nc(CCCc4ccccc4)cs3)c(OCCN3CCNC3=O)c2)nn1. The number of thiazole rings is 1. The van der Waals surface area contributed by atoms with Crippen LogP contribution in [0, 0.1) is 0 Å². The Morgan fingerprint density at radius 3 is 2.67 bits per heavy atom. The van der Waals surface area contributed by atoms with E-state index in [4.69, 9.17) is 15.5 Å². The van der Waals surface area contributed by atoms with Crippen molar-refractivity contribution in [2.45, 2.75) is 38.5 Å². The van der Waals surface area contributed by atoms with Gasteiger partial charge in [0, 0.05) is 24.5 Å². The number of urea groups is 1. The van der Waals surface area contributed by atoms with Gasteiger partial charge < -0.3 is 20.7 Å². The summed E-state index contributed by atoms with van der Waals surface area (Å²) in [6.07, 6.45) is 7.78. The van der Waals surface area contributed by atoms with E-state index in [1.165, 1.54) is 5.56 Å². The molecule has 2 aromatic heterocycles. The molecule has 9 nitrogen and oxygen atoms in total. The van der Waals surface area contributed by atoms with Gasteiger partial charge in [-0.3, -0.25) is 0 Å². The Bertz CT molecular complexity index is 1360. The maximum Gasteiger partial charge on any atom is 0.317 e. The lowest BCUT2D eigenvalue weighted by Crippen LogP contribution is -2.31. The monoisotopic (exact) mass is 581 g/mol. The van der Waals surface area contributed by atoms with E-state index in [2.05, 4.69) is 45.3 Å². The van der Waals surface area contributed by atoms with E-state index in [1.54, 1.807) is 20.9 Å². The number of nitrogens with zero attached hydrogens (tertiary/aromatic N) is 5. The number of benzene rings is 2. The van der Waals surface area contributed by atoms with Crippen LogP contribution >= 0.6 is 23.7 Å². The van der Waals surface area contributed by atoms with Gasteiger partial charge >= 0.3 is 6.03 Å². The fourth-order valence-corrected chi connectivity index (χ4v) is 5.48. The molecule has 11 heteroatoms. The van der Waals surface area contributed by atoms with Crippen LogP contribution in [0.15, 0.2) is 60.1 Å². The lowest BCUT2D eigenvalue weighted by Gasteiger charge is -2.16. The molecule has 40 heavy (non-hydrogen) atoms. The average Bonchev–Trinajstić information content (AvgIpc) is 3.72. The summed E-state index contributed by atoms with van der Waals surface area (Å²) in [5.74, 6) is 0.720. The number of rotatable bonds is 14. The molecule has 1 aliphatic rings. The van der Waals surface area contributed by atoms with Crippen molar-refractivity contribution >= 4 is 29.8 Å². The van der Waals surface area contributed by atoms with E-state index >= 15 is 0 Å². The number of nitrogens with one attached hydrogen (secondary N) is 1. The minimum Gasteiger partial charge on any atom is -0.491 e. The fourth-order valence-electron chi connectivity index (χ4n) is 4.59. The third-order valence-corrected chi connectivity index (χ3v) is 7.67. The van der Waals surface area contributed by atoms with Crippen LogP contribution in [-0.4, -0.2) is 63.7 Å². The number of ether oxygens (including phenoxy) is 1. The van der Waals surface area contributed by atoms with Crippen LogP contribution in [0.4, 0.5) is 4.79 Å². The van der Waals surface area contributed by atoms with Crippen LogP contribution in [0.1, 0.15) is 36.2 Å². The third-order valence-electron chi connectivity index (χ3n) is 6.74. The molecule has 3 N–H and O–H groups in total. The van der Waals surface area contributed by atoms with Gasteiger partial charge in [0.25, 0.3) is 0 Å². The van der Waals surface area contributed by atoms with Crippen LogP contribution in [0.25, 0.3) is 16.3 Å². The van der Waals surface area contributed by atoms with Gasteiger partial charge in [0.05, 0.1) is 35.4 Å². The molecular formula is C29H36ClN7O2S. The number of hydrogen-bond acceptors (Lipinski definition) is 7. The topological polar surface area (TPSA) is 111 Å². The molecule has 2 aromatic carbocycles. The zero-order valence-corrected chi connectivity index (χ0v) is 24.1. The molecule has 0 radical (unpaired) electrons. The number of nitrogens with two attached hydrogens (primary N) is 1. The summed E-state index contributed by atoms with van der Waals surface area (Å²) in [7, 11) is 0. The Balaban J connectivity index is 0.00000370. The van der Waals surface area contributed by atoms with Gasteiger partial charge in [-0.1, -0.05) is 35.5 Å². The third kappa shape index (κ3) is 7.80. The molecule has 212 valence electrons. The second kappa shape index (κ2) is 14.8. The van der Waals surface area contributed by atoms with Crippen LogP contribution in [0.2, 0.25) is 0 Å². The highest BCUT2D eigenvalue weighted by molar-refractivity contribution is 7.13. The summed E-state index contributed by atoms with van der Waals surface area (Å²) < 4.78 is 8.05. The smallest absolute Gasteiger partial charge is 0.317 e. The summed E-state index contributed by atoms with van der Waals surface area (Å²) in [6, 6.07) is 16.5. The maximum absolute atomic E-state index is 11.9. The Hall–Kier alpha value is -3.47. The molecule has 0 unspecified atom stereocenters. The Labute approximate surface area is 245 Å². The van der Waals surface area contributed by atoms with E-state index in [0.717, 1.165) is 71.9 Å². The number of hydrogen-bond donors (Lipinski definition) is 2. The molecule has 3 heterocycles. The number of amides is 2. The van der Waals surface area contributed by atoms with E-state index in [0.29, 0.717) is 32.8 Å². The molecule has 5 rings (SSSR count). The molecule has 1 saturated heterocycles. The minimum absolute atomic E-state index is 0. The highest BCUT2D eigenvalue weighted by Crippen LogP contribution is 2.34. The zero-order chi connectivity index (χ0) is 26.9. The summed E-state index contributed by atoms with van der Waals surface area (Å²) >= 11 is 1.63. The summed E-state index contributed by atoms with van der Waals surface area (Å²) in [5, 5.41) is 14.5. The van der Waals surface area contributed by atoms with Gasteiger partial charge in [-0.05, 0) is 62.8 Å². The minimum atomic E-state index is -0.0441. The van der Waals surface area contributed by atoms with Crippen LogP contribution in [0.3, 0.4) is 0 Å². The molecule has 0 spiro atoms. The number of unbranched alkanes of at least 4 members (excludes halogenated alkanes) is 1. The van der Waals surface area contributed by atoms with Crippen molar-refractivity contribution in [3.63, 3.8) is 0 Å². The van der Waals surface area contributed by atoms with Crippen molar-refractivity contribution in [1.82, 2.24) is 30.2 Å². The lowest BCUT2D eigenvalue weighted by molar-refractivity contribution is 0.203. The first-order valence-electron chi connectivity index (χ1n) is 13.6. The van der Waals surface area contributed by atoms with Gasteiger partial charge in [-0.2, -0.15) is 0 Å². The van der Waals surface area contributed by atoms with Gasteiger partial charge in [0.15, 0.2) is 0 Å². The molecule has 1 fully saturated rings. The van der Waals surface area contributed by atoms with Gasteiger partial charge in [0.1, 0.15) is 17.4 Å². The van der Waals surface area contributed by atoms with E-state index in [9.17, 15) is 4.79 Å². The van der Waals surface area contributed by atoms with Crippen LogP contribution < -0.4 is 15.8 Å². The first-order chi connectivity index (χ1) is 19.2. The number of aromatic nitrogens is 4. The first kappa shape index (κ1) is 29.5. The summed E-state index contributed by atoms with van der Waals surface area (Å²) in [4.78, 5) is 18.6. The Morgan fingerprint density at radius 1 is 1.02 bits per heavy atom. The molecule has 0 aliphatic carbocycles. The van der Waals surface area contributed by atoms with E-state index in [1.807, 2.05) is 30.5 Å². The quantitative estimate of drug-likeness (QED) is 0.209. The van der Waals surface area contributed by atoms with Crippen molar-refractivity contribution in [2.75, 3.05) is 32.8 Å². The fraction of sp³-hybridized carbons (Fsp3) is 0.379. The molecule has 0 atom stereocenters. The second-order valence-corrected chi connectivity index (χ2v) is 10.5. The van der Waals surface area contributed by atoms with E-state index < -0.39 is 0 Å². The normalized spacial score (nSPS) is 12.8. The van der Waals surface area contributed by atoms with Gasteiger partial charge in [-0.25, -0.2) is 14.5 Å². The van der Waals surface area contributed by atoms with Crippen molar-refractivity contribution in [1.29, 1.82) is 0 Å². The number of halogens is 1. The number of carbonyl (C=O) groups is 1. The van der Waals surface area contributed by atoms with Crippen molar-refractivity contribution < 1.29 is 9.53 Å². The molecule has 0 saturated carbocycles. The van der Waals surface area contributed by atoms with Crippen molar-refractivity contribution in [2.24, 2.45) is 5.73 Å². The molecule has 0 bridgehead atoms. The standard InChI is InChI=1S/C29H35N7O2S.ClH/c30-14-5-4-10-23-20-36(34-33-23)25-12-13-26(27(19-25)38-18-17-35-16-15-31-29(35)37)28-32-24(21-39-28)11-6-9-22-7-2-1-3-8-22;/h1-3,7-8,12-13,19-21H,4-6,9-11,14-18,30H2,(H,31,37);1H. The van der Waals surface area contributed by atoms with Gasteiger partial charge in [0.2, 0.25) is 0 Å².